The van der Waals surface area contributed by atoms with E-state index in [1.807, 2.05) is 48.5 Å². The van der Waals surface area contributed by atoms with E-state index in [0.717, 1.165) is 104 Å². The minimum atomic E-state index is -0.516. The van der Waals surface area contributed by atoms with Gasteiger partial charge >= 0.3 is 35.8 Å². The van der Waals surface area contributed by atoms with Gasteiger partial charge in [0.25, 0.3) is 0 Å². The first kappa shape index (κ1) is 67.0. The largest absolute Gasteiger partial charge is 0.494 e. The average Bonchev–Trinajstić information content (AvgIpc) is 0.735. The second-order valence-corrected chi connectivity index (χ2v) is 22.9. The molecule has 0 bridgehead atoms. The summed E-state index contributed by atoms with van der Waals surface area (Å²) in [5.74, 6) is 0.781. The van der Waals surface area contributed by atoms with E-state index in [-0.39, 0.29) is 62.1 Å². The number of nitrogens with zero attached hydrogens (tertiary/aromatic N) is 2. The number of unbranched alkanes of at least 4 members (excludes halogenated alkanes) is 6. The lowest BCUT2D eigenvalue weighted by atomic mass is 9.82. The molecule has 0 atom stereocenters. The third-order valence-electron chi connectivity index (χ3n) is 16.4. The molecule has 2 aliphatic rings. The Kier molecular flexibility index (Phi) is 25.3. The van der Waals surface area contributed by atoms with Crippen molar-refractivity contribution in [3.05, 3.63) is 141 Å². The topological polar surface area (TPSA) is 230 Å². The van der Waals surface area contributed by atoms with Gasteiger partial charge in [0.1, 0.15) is 53.5 Å². The summed E-state index contributed by atoms with van der Waals surface area (Å²) in [6.07, 6.45) is 15.3. The van der Waals surface area contributed by atoms with Gasteiger partial charge in [0.05, 0.1) is 86.1 Å². The zero-order chi connectivity index (χ0) is 64.4. The number of hydrogen-bond acceptors (Lipinski definition) is 19. The molecule has 7 aromatic rings. The van der Waals surface area contributed by atoms with Crippen LogP contribution in [0.5, 0.6) is 40.2 Å². The van der Waals surface area contributed by atoms with Crippen LogP contribution in [-0.2, 0) is 47.7 Å². The Morgan fingerprint density at radius 1 is 0.359 bits per heavy atom. The highest BCUT2D eigenvalue weighted by Crippen LogP contribution is 2.40. The number of carbonyl (C=O) groups is 6. The molecule has 1 heterocycles. The Balaban J connectivity index is 0.796. The van der Waals surface area contributed by atoms with Gasteiger partial charge in [-0.05, 0) is 216 Å². The SMILES string of the molecule is C=CC(=O)OCCCCCCOc1ccc(OC(=O)C2CCC(COc3ccc4c5ccc(OC(=O)C6CCC(C(=O)Oc7ccc(OCCCCCCOC(=O)C=C)cc7)CC6)cc5c5nc6ccc(OCCOCCOC(=O)C=C)cc6nc5c4c3)CC2)cc1. The summed E-state index contributed by atoms with van der Waals surface area (Å²) in [5, 5.41) is 3.32. The number of carbonyl (C=O) groups excluding carboxylic acids is 6. The fourth-order valence-electron chi connectivity index (χ4n) is 11.3. The van der Waals surface area contributed by atoms with Crippen LogP contribution >= 0.6 is 0 Å². The minimum Gasteiger partial charge on any atom is -0.494 e. The smallest absolute Gasteiger partial charge is 0.330 e. The van der Waals surface area contributed by atoms with E-state index in [2.05, 4.69) is 19.7 Å². The van der Waals surface area contributed by atoms with Crippen LogP contribution < -0.4 is 33.2 Å². The van der Waals surface area contributed by atoms with Gasteiger partial charge < -0.3 is 52.1 Å². The molecule has 2 saturated carbocycles. The van der Waals surface area contributed by atoms with Crippen molar-refractivity contribution in [2.75, 3.05) is 59.5 Å². The highest BCUT2D eigenvalue weighted by Gasteiger charge is 2.33. The van der Waals surface area contributed by atoms with Gasteiger partial charge in [0.15, 0.2) is 0 Å². The molecule has 1 aromatic heterocycles. The van der Waals surface area contributed by atoms with Crippen LogP contribution in [0.3, 0.4) is 0 Å². The average molecular weight is 1260 g/mol. The van der Waals surface area contributed by atoms with Gasteiger partial charge in [-0.3, -0.25) is 14.4 Å². The molecule has 484 valence electrons. The number of aromatic nitrogens is 2. The van der Waals surface area contributed by atoms with Crippen molar-refractivity contribution in [3.8, 4) is 40.2 Å². The maximum absolute atomic E-state index is 13.9. The van der Waals surface area contributed by atoms with Crippen molar-refractivity contribution in [3.63, 3.8) is 0 Å². The van der Waals surface area contributed by atoms with Gasteiger partial charge in [-0.15, -0.1) is 0 Å². The summed E-state index contributed by atoms with van der Waals surface area (Å²) >= 11 is 0. The zero-order valence-corrected chi connectivity index (χ0v) is 52.0. The number of hydrogen-bond donors (Lipinski definition) is 0. The molecule has 0 unspecified atom stereocenters. The Morgan fingerprint density at radius 2 is 0.739 bits per heavy atom. The molecule has 2 fully saturated rings. The van der Waals surface area contributed by atoms with Gasteiger partial charge in [0, 0.05) is 35.1 Å². The first-order valence-electron chi connectivity index (χ1n) is 31.9. The molecular formula is C73H80N2O17. The molecule has 0 radical (unpaired) electrons. The molecule has 6 aromatic carbocycles. The van der Waals surface area contributed by atoms with Gasteiger partial charge in [-0.25, -0.2) is 24.4 Å². The second-order valence-electron chi connectivity index (χ2n) is 22.9. The van der Waals surface area contributed by atoms with Crippen molar-refractivity contribution in [2.24, 2.45) is 23.7 Å². The summed E-state index contributed by atoms with van der Waals surface area (Å²) in [5.41, 5.74) is 2.42. The van der Waals surface area contributed by atoms with Crippen LogP contribution in [0.2, 0.25) is 0 Å². The van der Waals surface area contributed by atoms with Crippen LogP contribution in [0.1, 0.15) is 103 Å². The summed E-state index contributed by atoms with van der Waals surface area (Å²) in [4.78, 5) is 84.6. The van der Waals surface area contributed by atoms with E-state index in [1.165, 1.54) is 0 Å². The summed E-state index contributed by atoms with van der Waals surface area (Å²) < 4.78 is 62.6. The predicted molar refractivity (Wildman–Crippen MR) is 346 cm³/mol. The Bertz CT molecular complexity index is 3680. The van der Waals surface area contributed by atoms with Gasteiger partial charge in [-0.2, -0.15) is 0 Å². The normalized spacial score (nSPS) is 16.2. The summed E-state index contributed by atoms with van der Waals surface area (Å²) in [6, 6.07) is 31.1. The van der Waals surface area contributed by atoms with Crippen LogP contribution in [0, 0.1) is 23.7 Å². The van der Waals surface area contributed by atoms with Crippen molar-refractivity contribution in [1.82, 2.24) is 9.97 Å². The molecule has 0 N–H and O–H groups in total. The lowest BCUT2D eigenvalue weighted by Gasteiger charge is -2.27. The van der Waals surface area contributed by atoms with Gasteiger partial charge in [0.2, 0.25) is 0 Å². The van der Waals surface area contributed by atoms with Crippen LogP contribution in [0.25, 0.3) is 43.6 Å². The standard InChI is InChI=1S/C73H80N2O17/c1-4-66(76)86-39-13-9-7-11-37-83-53-23-27-55(28-24-53)90-71(79)50-17-15-49(16-18-50)48-89-57-31-34-60-61-35-32-59(46-63(61)69-70(62(60)45-57)75-65-47-58(33-36-64(65)74-69)85-43-41-82-42-44-88-68(78)6-3)92-73(81)52-21-19-51(20-22-52)72(80)91-56-29-25-54(26-30-56)84-38-12-8-10-14-40-87-67(77)5-2/h4-6,23-36,45-47,49-52H,1-3,7-22,37-44,48H2. The molecular weight excluding hydrogens is 1180 g/mol. The summed E-state index contributed by atoms with van der Waals surface area (Å²) in [7, 11) is 0. The molecule has 0 saturated heterocycles. The quantitative estimate of drug-likeness (QED) is 0.00684. The molecule has 0 aliphatic heterocycles. The summed E-state index contributed by atoms with van der Waals surface area (Å²) in [6.45, 7) is 13.3. The highest BCUT2D eigenvalue weighted by molar-refractivity contribution is 6.24. The van der Waals surface area contributed by atoms with Crippen molar-refractivity contribution in [1.29, 1.82) is 0 Å². The number of benzene rings is 6. The van der Waals surface area contributed by atoms with E-state index in [1.54, 1.807) is 54.6 Å². The number of rotatable bonds is 35. The van der Waals surface area contributed by atoms with Crippen LogP contribution in [0.4, 0.5) is 0 Å². The van der Waals surface area contributed by atoms with Crippen LogP contribution in [-0.4, -0.2) is 105 Å². The third kappa shape index (κ3) is 19.8. The number of fused-ring (bicyclic) bond motifs is 7. The lowest BCUT2D eigenvalue weighted by molar-refractivity contribution is -0.145. The molecule has 0 amide bonds. The Morgan fingerprint density at radius 3 is 1.25 bits per heavy atom. The second kappa shape index (κ2) is 34.7. The maximum atomic E-state index is 13.9. The monoisotopic (exact) mass is 1260 g/mol. The van der Waals surface area contributed by atoms with E-state index in [4.69, 9.17) is 62.1 Å². The van der Waals surface area contributed by atoms with E-state index in [0.29, 0.717) is 134 Å². The van der Waals surface area contributed by atoms with E-state index >= 15 is 0 Å². The van der Waals surface area contributed by atoms with Crippen molar-refractivity contribution >= 4 is 79.4 Å². The fourth-order valence-corrected chi connectivity index (χ4v) is 11.3. The van der Waals surface area contributed by atoms with Crippen LogP contribution in [0.15, 0.2) is 141 Å². The maximum Gasteiger partial charge on any atom is 0.330 e. The zero-order valence-electron chi connectivity index (χ0n) is 52.0. The van der Waals surface area contributed by atoms with E-state index in [9.17, 15) is 28.8 Å². The number of esters is 6. The first-order chi connectivity index (χ1) is 44.9. The van der Waals surface area contributed by atoms with E-state index < -0.39 is 23.8 Å². The molecule has 2 aliphatic carbocycles. The van der Waals surface area contributed by atoms with Gasteiger partial charge in [-0.1, -0.05) is 19.7 Å². The highest BCUT2D eigenvalue weighted by atomic mass is 16.6. The minimum absolute atomic E-state index is 0.0995. The van der Waals surface area contributed by atoms with Crippen molar-refractivity contribution in [2.45, 2.75) is 103 Å². The molecule has 19 heteroatoms. The third-order valence-corrected chi connectivity index (χ3v) is 16.4. The number of ether oxygens (including phenoxy) is 11. The fraction of sp³-hybridized carbons (Fsp3) is 0.397. The molecule has 19 nitrogen and oxygen atoms in total. The predicted octanol–water partition coefficient (Wildman–Crippen LogP) is 13.7. The Hall–Kier alpha value is -9.36. The lowest BCUT2D eigenvalue weighted by Crippen LogP contribution is -2.30. The Labute approximate surface area is 535 Å². The molecule has 92 heavy (non-hydrogen) atoms. The van der Waals surface area contributed by atoms with Crippen molar-refractivity contribution < 1.29 is 80.9 Å². The first-order valence-corrected chi connectivity index (χ1v) is 31.9. The molecule has 9 rings (SSSR count). The molecule has 0 spiro atoms.